The van der Waals surface area contributed by atoms with Crippen LogP contribution in [0.4, 0.5) is 0 Å². The van der Waals surface area contributed by atoms with Crippen molar-refractivity contribution in [3.63, 3.8) is 0 Å². The molecule has 0 amide bonds. The summed E-state index contributed by atoms with van der Waals surface area (Å²) < 4.78 is 27.1. The van der Waals surface area contributed by atoms with Crippen molar-refractivity contribution in [1.29, 1.82) is 0 Å². The first-order valence-corrected chi connectivity index (χ1v) is 8.70. The molecule has 5 nitrogen and oxygen atoms in total. The summed E-state index contributed by atoms with van der Waals surface area (Å²) in [6.07, 6.45) is 4.33. The van der Waals surface area contributed by atoms with E-state index in [0.29, 0.717) is 12.5 Å². The van der Waals surface area contributed by atoms with Gasteiger partial charge in [0, 0.05) is 11.6 Å². The van der Waals surface area contributed by atoms with E-state index in [1.54, 1.807) is 0 Å². The van der Waals surface area contributed by atoms with Crippen molar-refractivity contribution in [1.82, 2.24) is 4.72 Å². The number of carboxylic acid groups (broad SMARTS) is 1. The van der Waals surface area contributed by atoms with Gasteiger partial charge in [0.05, 0.1) is 10.5 Å². The first kappa shape index (κ1) is 16.3. The molecule has 0 saturated heterocycles. The van der Waals surface area contributed by atoms with Crippen molar-refractivity contribution in [3.8, 4) is 0 Å². The van der Waals surface area contributed by atoms with Gasteiger partial charge >= 0.3 is 5.97 Å². The molecule has 21 heavy (non-hydrogen) atoms. The first-order chi connectivity index (χ1) is 9.81. The molecule has 1 aromatic rings. The second kappa shape index (κ2) is 6.34. The zero-order chi connectivity index (χ0) is 15.6. The van der Waals surface area contributed by atoms with Crippen LogP contribution in [-0.2, 0) is 10.0 Å². The highest BCUT2D eigenvalue weighted by Crippen LogP contribution is 2.29. The highest BCUT2D eigenvalue weighted by Gasteiger charge is 2.23. The minimum Gasteiger partial charge on any atom is -0.478 e. The summed E-state index contributed by atoms with van der Waals surface area (Å²) in [6, 6.07) is 2.54. The third kappa shape index (κ3) is 3.75. The Bertz CT molecular complexity index is 653. The lowest BCUT2D eigenvalue weighted by molar-refractivity contribution is 0.0696. The van der Waals surface area contributed by atoms with Crippen LogP contribution < -0.4 is 4.72 Å². The van der Waals surface area contributed by atoms with Crippen LogP contribution in [-0.4, -0.2) is 26.0 Å². The molecule has 0 atom stereocenters. The number of hydrogen-bond acceptors (Lipinski definition) is 3. The molecule has 0 aromatic heterocycles. The number of benzene rings is 1. The molecule has 7 heteroatoms. The summed E-state index contributed by atoms with van der Waals surface area (Å²) in [6.45, 7) is 1.83. The minimum atomic E-state index is -3.75. The van der Waals surface area contributed by atoms with Crippen LogP contribution in [0.3, 0.4) is 0 Å². The van der Waals surface area contributed by atoms with E-state index >= 15 is 0 Å². The zero-order valence-electron chi connectivity index (χ0n) is 11.7. The first-order valence-electron chi connectivity index (χ1n) is 6.84. The number of sulfonamides is 1. The van der Waals surface area contributed by atoms with Gasteiger partial charge in [-0.3, -0.25) is 0 Å². The number of halogens is 1. The van der Waals surface area contributed by atoms with Gasteiger partial charge in [0.1, 0.15) is 0 Å². The number of rotatable bonds is 6. The Morgan fingerprint density at radius 1 is 1.43 bits per heavy atom. The molecule has 1 fully saturated rings. The van der Waals surface area contributed by atoms with Crippen LogP contribution in [0.15, 0.2) is 17.0 Å². The van der Waals surface area contributed by atoms with Crippen molar-refractivity contribution < 1.29 is 18.3 Å². The lowest BCUT2D eigenvalue weighted by Crippen LogP contribution is -2.28. The molecule has 116 valence electrons. The van der Waals surface area contributed by atoms with Crippen LogP contribution in [0.5, 0.6) is 0 Å². The van der Waals surface area contributed by atoms with E-state index in [4.69, 9.17) is 16.7 Å². The largest absolute Gasteiger partial charge is 0.478 e. The topological polar surface area (TPSA) is 83.5 Å². The lowest BCUT2D eigenvalue weighted by Gasteiger charge is -2.25. The summed E-state index contributed by atoms with van der Waals surface area (Å²) in [4.78, 5) is 11.1. The van der Waals surface area contributed by atoms with Crippen LogP contribution in [0, 0.1) is 12.8 Å². The molecule has 0 heterocycles. The zero-order valence-corrected chi connectivity index (χ0v) is 13.3. The van der Waals surface area contributed by atoms with Gasteiger partial charge in [-0.1, -0.05) is 30.9 Å². The van der Waals surface area contributed by atoms with Gasteiger partial charge < -0.3 is 5.11 Å². The van der Waals surface area contributed by atoms with E-state index in [0.717, 1.165) is 19.3 Å². The maximum atomic E-state index is 12.3. The van der Waals surface area contributed by atoms with E-state index < -0.39 is 16.0 Å². The van der Waals surface area contributed by atoms with Gasteiger partial charge in [0.25, 0.3) is 0 Å². The Morgan fingerprint density at radius 2 is 2.10 bits per heavy atom. The predicted octanol–water partition coefficient (Wildman–Crippen LogP) is 2.82. The monoisotopic (exact) mass is 331 g/mol. The summed E-state index contributed by atoms with van der Waals surface area (Å²) in [5.41, 5.74) is 0.102. The summed E-state index contributed by atoms with van der Waals surface area (Å²) in [5.74, 6) is -0.594. The number of carbonyl (C=O) groups is 1. The smallest absolute Gasteiger partial charge is 0.336 e. The van der Waals surface area contributed by atoms with Gasteiger partial charge in [-0.05, 0) is 37.0 Å². The van der Waals surface area contributed by atoms with E-state index in [1.807, 2.05) is 0 Å². The maximum absolute atomic E-state index is 12.3. The van der Waals surface area contributed by atoms with Gasteiger partial charge in [-0.2, -0.15) is 0 Å². The second-order valence-corrected chi connectivity index (χ2v) is 7.54. The Labute approximate surface area is 129 Å². The predicted molar refractivity (Wildman–Crippen MR) is 80.3 cm³/mol. The normalized spacial score (nSPS) is 15.7. The van der Waals surface area contributed by atoms with Crippen LogP contribution >= 0.6 is 11.6 Å². The van der Waals surface area contributed by atoms with Crippen molar-refractivity contribution in [2.24, 2.45) is 5.92 Å². The quantitative estimate of drug-likeness (QED) is 0.839. The molecule has 0 aliphatic heterocycles. The molecule has 1 aliphatic carbocycles. The molecule has 2 N–H and O–H groups in total. The van der Waals surface area contributed by atoms with Crippen LogP contribution in [0.2, 0.25) is 5.02 Å². The fourth-order valence-electron chi connectivity index (χ4n) is 2.41. The van der Waals surface area contributed by atoms with Gasteiger partial charge in [0.2, 0.25) is 10.0 Å². The van der Waals surface area contributed by atoms with Crippen LogP contribution in [0.1, 0.15) is 41.6 Å². The van der Waals surface area contributed by atoms with Crippen molar-refractivity contribution in [3.05, 3.63) is 28.3 Å². The SMILES string of the molecule is Cc1c(C(=O)O)cc(Cl)cc1S(=O)(=O)NCCC1CCC1. The van der Waals surface area contributed by atoms with Gasteiger partial charge in [0.15, 0.2) is 0 Å². The molecular weight excluding hydrogens is 314 g/mol. The van der Waals surface area contributed by atoms with Gasteiger partial charge in [-0.25, -0.2) is 17.9 Å². The Morgan fingerprint density at radius 3 is 2.62 bits per heavy atom. The highest BCUT2D eigenvalue weighted by molar-refractivity contribution is 7.89. The van der Waals surface area contributed by atoms with E-state index in [2.05, 4.69) is 4.72 Å². The summed E-state index contributed by atoms with van der Waals surface area (Å²) in [5, 5.41) is 9.19. The summed E-state index contributed by atoms with van der Waals surface area (Å²) in [7, 11) is -3.75. The molecule has 0 radical (unpaired) electrons. The number of nitrogens with one attached hydrogen (secondary N) is 1. The Balaban J connectivity index is 2.20. The molecular formula is C14H18ClNO4S. The molecule has 1 saturated carbocycles. The van der Waals surface area contributed by atoms with Crippen molar-refractivity contribution in [2.45, 2.75) is 37.5 Å². The number of hydrogen-bond donors (Lipinski definition) is 2. The summed E-state index contributed by atoms with van der Waals surface area (Å²) >= 11 is 5.83. The number of aromatic carboxylic acids is 1. The van der Waals surface area contributed by atoms with Crippen molar-refractivity contribution >= 4 is 27.6 Å². The average molecular weight is 332 g/mol. The molecule has 0 unspecified atom stereocenters. The Kier molecular flexibility index (Phi) is 4.91. The average Bonchev–Trinajstić information content (AvgIpc) is 2.34. The molecule has 1 aromatic carbocycles. The van der Waals surface area contributed by atoms with Crippen molar-refractivity contribution in [2.75, 3.05) is 6.54 Å². The third-order valence-corrected chi connectivity index (χ3v) is 5.72. The lowest BCUT2D eigenvalue weighted by atomic mass is 9.83. The fourth-order valence-corrected chi connectivity index (χ4v) is 4.03. The second-order valence-electron chi connectivity index (χ2n) is 5.37. The van der Waals surface area contributed by atoms with E-state index in [-0.39, 0.29) is 21.0 Å². The van der Waals surface area contributed by atoms with Gasteiger partial charge in [-0.15, -0.1) is 0 Å². The molecule has 0 spiro atoms. The molecule has 1 aliphatic rings. The standard InChI is InChI=1S/C14H18ClNO4S/c1-9-12(14(17)18)7-11(15)8-13(9)21(19,20)16-6-5-10-3-2-4-10/h7-8,10,16H,2-6H2,1H3,(H,17,18). The van der Waals surface area contributed by atoms with E-state index in [9.17, 15) is 13.2 Å². The molecule has 0 bridgehead atoms. The highest BCUT2D eigenvalue weighted by atomic mass is 35.5. The fraction of sp³-hybridized carbons (Fsp3) is 0.500. The van der Waals surface area contributed by atoms with Crippen LogP contribution in [0.25, 0.3) is 0 Å². The Hall–Kier alpha value is -1.11. The molecule has 2 rings (SSSR count). The maximum Gasteiger partial charge on any atom is 0.336 e. The number of carboxylic acids is 1. The minimum absolute atomic E-state index is 0.0685. The van der Waals surface area contributed by atoms with E-state index in [1.165, 1.54) is 25.5 Å². The third-order valence-electron chi connectivity index (χ3n) is 3.91.